The largest absolute Gasteiger partial charge is 0.441 e. The van der Waals surface area contributed by atoms with Gasteiger partial charge >= 0.3 is 5.51 Å². The fourth-order valence-corrected chi connectivity index (χ4v) is 3.25. The summed E-state index contributed by atoms with van der Waals surface area (Å²) in [5.41, 5.74) is -3.69. The third-order valence-corrected chi connectivity index (χ3v) is 5.28. The van der Waals surface area contributed by atoms with Gasteiger partial charge in [-0.2, -0.15) is 13.2 Å². The van der Waals surface area contributed by atoms with Crippen LogP contribution in [0.25, 0.3) is 0 Å². The summed E-state index contributed by atoms with van der Waals surface area (Å²) in [6.45, 7) is 7.34. The smallest absolute Gasteiger partial charge is 0.313 e. The van der Waals surface area contributed by atoms with Gasteiger partial charge in [0, 0.05) is 18.3 Å². The molecule has 114 valence electrons. The second-order valence-electron chi connectivity index (χ2n) is 6.14. The lowest BCUT2D eigenvalue weighted by Gasteiger charge is -2.39. The topological polar surface area (TPSA) is 12.0 Å². The predicted molar refractivity (Wildman–Crippen MR) is 76.3 cm³/mol. The van der Waals surface area contributed by atoms with Crippen molar-refractivity contribution in [2.24, 2.45) is 11.3 Å². The summed E-state index contributed by atoms with van der Waals surface area (Å²) < 4.78 is 35.9. The SMILES string of the molecule is CCC(C)(C)C1CCC(NCCSC(F)(F)F)CC1. The summed E-state index contributed by atoms with van der Waals surface area (Å²) in [7, 11) is 0. The van der Waals surface area contributed by atoms with Crippen molar-refractivity contribution in [3.05, 3.63) is 0 Å². The molecule has 1 aliphatic carbocycles. The van der Waals surface area contributed by atoms with E-state index in [4.69, 9.17) is 0 Å². The van der Waals surface area contributed by atoms with Crippen LogP contribution in [0, 0.1) is 11.3 Å². The average molecular weight is 297 g/mol. The van der Waals surface area contributed by atoms with Gasteiger partial charge in [-0.1, -0.05) is 27.2 Å². The number of nitrogens with one attached hydrogen (secondary N) is 1. The van der Waals surface area contributed by atoms with Crippen LogP contribution < -0.4 is 5.32 Å². The highest BCUT2D eigenvalue weighted by Crippen LogP contribution is 2.40. The molecule has 0 saturated heterocycles. The van der Waals surface area contributed by atoms with Gasteiger partial charge in [0.25, 0.3) is 0 Å². The van der Waals surface area contributed by atoms with Crippen molar-refractivity contribution in [3.63, 3.8) is 0 Å². The molecule has 0 atom stereocenters. The van der Waals surface area contributed by atoms with E-state index in [0.717, 1.165) is 18.8 Å². The zero-order valence-electron chi connectivity index (χ0n) is 12.1. The molecule has 0 aromatic rings. The van der Waals surface area contributed by atoms with Crippen LogP contribution >= 0.6 is 11.8 Å². The fourth-order valence-electron chi connectivity index (χ4n) is 2.80. The Morgan fingerprint density at radius 1 is 1.11 bits per heavy atom. The van der Waals surface area contributed by atoms with Crippen molar-refractivity contribution < 1.29 is 13.2 Å². The second-order valence-corrected chi connectivity index (χ2v) is 7.30. The summed E-state index contributed by atoms with van der Waals surface area (Å²) in [6.07, 6.45) is 5.80. The van der Waals surface area contributed by atoms with Gasteiger partial charge < -0.3 is 5.32 Å². The van der Waals surface area contributed by atoms with E-state index in [1.165, 1.54) is 19.3 Å². The van der Waals surface area contributed by atoms with Gasteiger partial charge in [0.15, 0.2) is 0 Å². The maximum atomic E-state index is 12.0. The number of hydrogen-bond acceptors (Lipinski definition) is 2. The summed E-state index contributed by atoms with van der Waals surface area (Å²) in [6, 6.07) is 0.415. The molecule has 5 heteroatoms. The number of rotatable bonds is 6. The number of hydrogen-bond donors (Lipinski definition) is 1. The van der Waals surface area contributed by atoms with E-state index in [9.17, 15) is 13.2 Å². The normalized spacial score (nSPS) is 25.6. The second kappa shape index (κ2) is 7.21. The lowest BCUT2D eigenvalue weighted by Crippen LogP contribution is -2.37. The molecule has 0 spiro atoms. The third kappa shape index (κ3) is 6.39. The molecule has 0 radical (unpaired) electrons. The highest BCUT2D eigenvalue weighted by molar-refractivity contribution is 8.00. The maximum absolute atomic E-state index is 12.0. The fraction of sp³-hybridized carbons (Fsp3) is 1.00. The zero-order valence-corrected chi connectivity index (χ0v) is 13.0. The van der Waals surface area contributed by atoms with Crippen LogP contribution in [0.4, 0.5) is 13.2 Å². The quantitative estimate of drug-likeness (QED) is 0.705. The number of alkyl halides is 3. The number of halogens is 3. The first-order chi connectivity index (χ1) is 8.74. The minimum atomic E-state index is -4.09. The Morgan fingerprint density at radius 3 is 2.16 bits per heavy atom. The molecule has 0 aliphatic heterocycles. The van der Waals surface area contributed by atoms with E-state index in [1.807, 2.05) is 0 Å². The maximum Gasteiger partial charge on any atom is 0.441 e. The van der Waals surface area contributed by atoms with E-state index in [0.29, 0.717) is 18.0 Å². The summed E-state index contributed by atoms with van der Waals surface area (Å²) in [5, 5.41) is 3.26. The Balaban J connectivity index is 2.17. The van der Waals surface area contributed by atoms with E-state index in [-0.39, 0.29) is 17.5 Å². The molecule has 0 aromatic heterocycles. The summed E-state index contributed by atoms with van der Waals surface area (Å²) in [5.74, 6) is 0.879. The zero-order chi connectivity index (χ0) is 14.5. The van der Waals surface area contributed by atoms with Crippen molar-refractivity contribution in [1.82, 2.24) is 5.32 Å². The first-order valence-electron chi connectivity index (χ1n) is 7.18. The van der Waals surface area contributed by atoms with Gasteiger partial charge in [0.05, 0.1) is 0 Å². The molecule has 0 aromatic carbocycles. The summed E-state index contributed by atoms with van der Waals surface area (Å²) >= 11 is 0.0681. The summed E-state index contributed by atoms with van der Waals surface area (Å²) in [4.78, 5) is 0. The molecule has 1 rings (SSSR count). The van der Waals surface area contributed by atoms with Crippen molar-refractivity contribution in [1.29, 1.82) is 0 Å². The molecule has 0 unspecified atom stereocenters. The standard InChI is InChI=1S/C14H26F3NS/c1-4-13(2,3)11-5-7-12(8-6-11)18-9-10-19-14(15,16)17/h11-12,18H,4-10H2,1-3H3. The molecular formula is C14H26F3NS. The van der Waals surface area contributed by atoms with Crippen LogP contribution in [-0.4, -0.2) is 23.8 Å². The van der Waals surface area contributed by atoms with Gasteiger partial charge in [-0.3, -0.25) is 0 Å². The molecule has 0 heterocycles. The lowest BCUT2D eigenvalue weighted by molar-refractivity contribution is -0.0327. The van der Waals surface area contributed by atoms with E-state index in [2.05, 4.69) is 26.1 Å². The lowest BCUT2D eigenvalue weighted by atomic mass is 9.69. The Bertz CT molecular complexity index is 258. The van der Waals surface area contributed by atoms with Crippen LogP contribution in [0.15, 0.2) is 0 Å². The van der Waals surface area contributed by atoms with Gasteiger partial charge in [0.2, 0.25) is 0 Å². The van der Waals surface area contributed by atoms with Crippen LogP contribution in [0.2, 0.25) is 0 Å². The molecule has 1 aliphatic rings. The molecule has 0 bridgehead atoms. The molecular weight excluding hydrogens is 271 g/mol. The van der Waals surface area contributed by atoms with Crippen LogP contribution in [-0.2, 0) is 0 Å². The molecule has 1 saturated carbocycles. The van der Waals surface area contributed by atoms with Crippen LogP contribution in [0.5, 0.6) is 0 Å². The Hall–Kier alpha value is 0.100. The Morgan fingerprint density at radius 2 is 1.68 bits per heavy atom. The van der Waals surface area contributed by atoms with E-state index in [1.54, 1.807) is 0 Å². The first-order valence-corrected chi connectivity index (χ1v) is 8.17. The molecule has 19 heavy (non-hydrogen) atoms. The molecule has 1 fully saturated rings. The monoisotopic (exact) mass is 297 g/mol. The molecule has 1 N–H and O–H groups in total. The van der Waals surface area contributed by atoms with Gasteiger partial charge in [-0.05, 0) is 48.8 Å². The Labute approximate surface area is 119 Å². The van der Waals surface area contributed by atoms with Gasteiger partial charge in [0.1, 0.15) is 0 Å². The Kier molecular flexibility index (Phi) is 6.51. The van der Waals surface area contributed by atoms with Crippen LogP contribution in [0.1, 0.15) is 52.9 Å². The average Bonchev–Trinajstić information content (AvgIpc) is 2.34. The van der Waals surface area contributed by atoms with Crippen molar-refractivity contribution in [2.45, 2.75) is 64.4 Å². The number of thioether (sulfide) groups is 1. The van der Waals surface area contributed by atoms with Crippen molar-refractivity contribution in [3.8, 4) is 0 Å². The van der Waals surface area contributed by atoms with E-state index >= 15 is 0 Å². The van der Waals surface area contributed by atoms with Crippen molar-refractivity contribution in [2.75, 3.05) is 12.3 Å². The van der Waals surface area contributed by atoms with Gasteiger partial charge in [-0.25, -0.2) is 0 Å². The van der Waals surface area contributed by atoms with Gasteiger partial charge in [-0.15, -0.1) is 0 Å². The van der Waals surface area contributed by atoms with E-state index < -0.39 is 5.51 Å². The molecule has 0 amide bonds. The predicted octanol–water partition coefficient (Wildman–Crippen LogP) is 4.82. The minimum absolute atomic E-state index is 0.0681. The highest BCUT2D eigenvalue weighted by atomic mass is 32.2. The minimum Gasteiger partial charge on any atom is -0.313 e. The van der Waals surface area contributed by atoms with Crippen molar-refractivity contribution >= 4 is 11.8 Å². The highest BCUT2D eigenvalue weighted by Gasteiger charge is 2.32. The van der Waals surface area contributed by atoms with Crippen LogP contribution in [0.3, 0.4) is 0 Å². The third-order valence-electron chi connectivity index (χ3n) is 4.54. The first kappa shape index (κ1) is 17.2. The molecule has 1 nitrogen and oxygen atoms in total.